The van der Waals surface area contributed by atoms with Crippen molar-refractivity contribution >= 4 is 0 Å². The van der Waals surface area contributed by atoms with Gasteiger partial charge in [0.15, 0.2) is 0 Å². The molecule has 0 amide bonds. The van der Waals surface area contributed by atoms with Gasteiger partial charge in [0, 0.05) is 42.3 Å². The van der Waals surface area contributed by atoms with Crippen molar-refractivity contribution in [1.29, 1.82) is 0 Å². The lowest BCUT2D eigenvalue weighted by atomic mass is 10.1. The van der Waals surface area contributed by atoms with Crippen LogP contribution in [0.4, 0.5) is 8.78 Å². The first-order valence-electron chi connectivity index (χ1n) is 7.39. The van der Waals surface area contributed by atoms with Gasteiger partial charge in [0.25, 0.3) is 0 Å². The molecule has 1 unspecified atom stereocenters. The molecule has 0 aliphatic carbocycles. The fraction of sp³-hybridized carbons (Fsp3) is 0.167. The lowest BCUT2D eigenvalue weighted by Gasteiger charge is -2.15. The van der Waals surface area contributed by atoms with Crippen LogP contribution in [0.25, 0.3) is 5.69 Å². The third-order valence-electron chi connectivity index (χ3n) is 3.78. The minimum Gasteiger partial charge on any atom is -0.306 e. The summed E-state index contributed by atoms with van der Waals surface area (Å²) in [5.74, 6) is -1.09. The molecule has 3 rings (SSSR count). The summed E-state index contributed by atoms with van der Waals surface area (Å²) >= 11 is 0. The van der Waals surface area contributed by atoms with Crippen LogP contribution in [0.3, 0.4) is 0 Å². The van der Waals surface area contributed by atoms with Crippen molar-refractivity contribution in [2.75, 3.05) is 0 Å². The zero-order valence-electron chi connectivity index (χ0n) is 12.7. The van der Waals surface area contributed by atoms with E-state index < -0.39 is 11.6 Å². The van der Waals surface area contributed by atoms with Crippen molar-refractivity contribution in [3.63, 3.8) is 0 Å². The molecule has 23 heavy (non-hydrogen) atoms. The highest BCUT2D eigenvalue weighted by molar-refractivity contribution is 5.34. The van der Waals surface area contributed by atoms with E-state index in [4.69, 9.17) is 0 Å². The van der Waals surface area contributed by atoms with Gasteiger partial charge in [0.05, 0.1) is 6.33 Å². The Kier molecular flexibility index (Phi) is 4.48. The predicted molar refractivity (Wildman–Crippen MR) is 85.2 cm³/mol. The Labute approximate surface area is 133 Å². The SMILES string of the molecule is CC(NCc1ccc(-n2ccnc2)cc1)c1ccc(F)cc1F. The highest BCUT2D eigenvalue weighted by Crippen LogP contribution is 2.18. The molecule has 0 fully saturated rings. The van der Waals surface area contributed by atoms with Gasteiger partial charge in [-0.25, -0.2) is 13.8 Å². The van der Waals surface area contributed by atoms with Gasteiger partial charge < -0.3 is 9.88 Å². The third-order valence-corrected chi connectivity index (χ3v) is 3.78. The fourth-order valence-electron chi connectivity index (χ4n) is 2.43. The number of imidazole rings is 1. The van der Waals surface area contributed by atoms with Crippen LogP contribution in [-0.2, 0) is 6.54 Å². The molecule has 0 radical (unpaired) electrons. The Hall–Kier alpha value is -2.53. The molecule has 0 bridgehead atoms. The molecule has 1 N–H and O–H groups in total. The first-order chi connectivity index (χ1) is 11.1. The molecule has 3 nitrogen and oxygen atoms in total. The monoisotopic (exact) mass is 313 g/mol. The van der Waals surface area contributed by atoms with Crippen LogP contribution in [0, 0.1) is 11.6 Å². The zero-order chi connectivity index (χ0) is 16.2. The first-order valence-corrected chi connectivity index (χ1v) is 7.39. The molecule has 1 aromatic heterocycles. The van der Waals surface area contributed by atoms with Gasteiger partial charge in [-0.1, -0.05) is 18.2 Å². The van der Waals surface area contributed by atoms with E-state index in [2.05, 4.69) is 10.3 Å². The van der Waals surface area contributed by atoms with Crippen molar-refractivity contribution in [2.45, 2.75) is 19.5 Å². The molecular weight excluding hydrogens is 296 g/mol. The Balaban J connectivity index is 1.63. The quantitative estimate of drug-likeness (QED) is 0.771. The second kappa shape index (κ2) is 6.71. The molecule has 0 spiro atoms. The molecule has 3 aromatic rings. The van der Waals surface area contributed by atoms with Gasteiger partial charge in [0.1, 0.15) is 11.6 Å². The number of nitrogens with zero attached hydrogens (tertiary/aromatic N) is 2. The van der Waals surface area contributed by atoms with E-state index in [1.165, 1.54) is 12.1 Å². The molecule has 1 atom stereocenters. The highest BCUT2D eigenvalue weighted by Gasteiger charge is 2.11. The van der Waals surface area contributed by atoms with Crippen LogP contribution in [0.15, 0.2) is 61.2 Å². The normalized spacial score (nSPS) is 12.3. The van der Waals surface area contributed by atoms with E-state index in [0.29, 0.717) is 12.1 Å². The number of rotatable bonds is 5. The second-order valence-corrected chi connectivity index (χ2v) is 5.40. The number of hydrogen-bond acceptors (Lipinski definition) is 2. The van der Waals surface area contributed by atoms with Crippen LogP contribution in [-0.4, -0.2) is 9.55 Å². The van der Waals surface area contributed by atoms with E-state index in [1.54, 1.807) is 12.5 Å². The summed E-state index contributed by atoms with van der Waals surface area (Å²) in [7, 11) is 0. The number of halogens is 2. The van der Waals surface area contributed by atoms with Gasteiger partial charge in [-0.15, -0.1) is 0 Å². The van der Waals surface area contributed by atoms with Crippen LogP contribution in [0.2, 0.25) is 0 Å². The number of hydrogen-bond donors (Lipinski definition) is 1. The highest BCUT2D eigenvalue weighted by atomic mass is 19.1. The topological polar surface area (TPSA) is 29.9 Å². The summed E-state index contributed by atoms with van der Waals surface area (Å²) in [5.41, 5.74) is 2.58. The Bertz CT molecular complexity index is 767. The van der Waals surface area contributed by atoms with E-state index >= 15 is 0 Å². The molecular formula is C18H17F2N3. The minimum absolute atomic E-state index is 0.205. The second-order valence-electron chi connectivity index (χ2n) is 5.40. The maximum absolute atomic E-state index is 13.7. The predicted octanol–water partition coefficient (Wildman–Crippen LogP) is 4.00. The van der Waals surface area contributed by atoms with E-state index in [-0.39, 0.29) is 6.04 Å². The van der Waals surface area contributed by atoms with Crippen LogP contribution in [0.1, 0.15) is 24.1 Å². The summed E-state index contributed by atoms with van der Waals surface area (Å²) in [5, 5.41) is 3.25. The lowest BCUT2D eigenvalue weighted by molar-refractivity contribution is 0.518. The largest absolute Gasteiger partial charge is 0.306 e. The Morgan fingerprint density at radius 3 is 2.57 bits per heavy atom. The summed E-state index contributed by atoms with van der Waals surface area (Å²) < 4.78 is 28.6. The number of benzene rings is 2. The van der Waals surface area contributed by atoms with E-state index in [1.807, 2.05) is 42.0 Å². The molecule has 0 saturated heterocycles. The van der Waals surface area contributed by atoms with Gasteiger partial charge in [-0.05, 0) is 30.7 Å². The number of aromatic nitrogens is 2. The molecule has 118 valence electrons. The van der Waals surface area contributed by atoms with E-state index in [0.717, 1.165) is 17.3 Å². The van der Waals surface area contributed by atoms with Crippen LogP contribution in [0.5, 0.6) is 0 Å². The minimum atomic E-state index is -0.562. The molecule has 5 heteroatoms. The standard InChI is InChI=1S/C18H17F2N3/c1-13(17-7-4-15(19)10-18(17)20)22-11-14-2-5-16(6-3-14)23-9-8-21-12-23/h2-10,12-13,22H,11H2,1H3. The summed E-state index contributed by atoms with van der Waals surface area (Å²) in [6.45, 7) is 2.46. The van der Waals surface area contributed by atoms with Crippen molar-refractivity contribution in [1.82, 2.24) is 14.9 Å². The molecule has 2 aromatic carbocycles. The van der Waals surface area contributed by atoms with Gasteiger partial charge in [0.2, 0.25) is 0 Å². The van der Waals surface area contributed by atoms with Gasteiger partial charge in [-0.2, -0.15) is 0 Å². The molecule has 0 saturated carbocycles. The number of nitrogens with one attached hydrogen (secondary N) is 1. The molecule has 0 aliphatic heterocycles. The smallest absolute Gasteiger partial charge is 0.130 e. The first kappa shape index (κ1) is 15.4. The Morgan fingerprint density at radius 2 is 1.91 bits per heavy atom. The maximum Gasteiger partial charge on any atom is 0.130 e. The summed E-state index contributed by atoms with van der Waals surface area (Å²) in [4.78, 5) is 4.02. The maximum atomic E-state index is 13.7. The van der Waals surface area contributed by atoms with Gasteiger partial charge in [-0.3, -0.25) is 0 Å². The van der Waals surface area contributed by atoms with Gasteiger partial charge >= 0.3 is 0 Å². The average molecular weight is 313 g/mol. The molecule has 0 aliphatic rings. The van der Waals surface area contributed by atoms with Crippen molar-refractivity contribution in [3.8, 4) is 5.69 Å². The van der Waals surface area contributed by atoms with Crippen LogP contribution >= 0.6 is 0 Å². The third kappa shape index (κ3) is 3.63. The summed E-state index contributed by atoms with van der Waals surface area (Å²) in [6, 6.07) is 11.5. The van der Waals surface area contributed by atoms with Crippen molar-refractivity contribution < 1.29 is 8.78 Å². The van der Waals surface area contributed by atoms with E-state index in [9.17, 15) is 8.78 Å². The average Bonchev–Trinajstić information content (AvgIpc) is 3.07. The fourth-order valence-corrected chi connectivity index (χ4v) is 2.43. The van der Waals surface area contributed by atoms with Crippen LogP contribution < -0.4 is 5.32 Å². The Morgan fingerprint density at radius 1 is 1.13 bits per heavy atom. The summed E-state index contributed by atoms with van der Waals surface area (Å²) in [6.07, 6.45) is 5.35. The lowest BCUT2D eigenvalue weighted by Crippen LogP contribution is -2.19. The molecule has 1 heterocycles. The van der Waals surface area contributed by atoms with Crippen molar-refractivity contribution in [3.05, 3.63) is 83.9 Å². The zero-order valence-corrected chi connectivity index (χ0v) is 12.7. The van der Waals surface area contributed by atoms with Crippen molar-refractivity contribution in [2.24, 2.45) is 0 Å².